The number of carbonyl (C=O) groups excluding carboxylic acids is 9. The van der Waals surface area contributed by atoms with Crippen LogP contribution in [0.3, 0.4) is 0 Å². The van der Waals surface area contributed by atoms with Crippen molar-refractivity contribution in [2.75, 3.05) is 82.4 Å². The Hall–Kier alpha value is -9.06. The molecule has 29 heteroatoms. The van der Waals surface area contributed by atoms with Gasteiger partial charge >= 0.3 is 6.09 Å². The van der Waals surface area contributed by atoms with Gasteiger partial charge in [-0.2, -0.15) is 8.42 Å². The highest BCUT2D eigenvalue weighted by Crippen LogP contribution is 2.42. The number of benzene rings is 3. The Morgan fingerprint density at radius 3 is 1.96 bits per heavy atom. The third kappa shape index (κ3) is 19.6. The van der Waals surface area contributed by atoms with Crippen molar-refractivity contribution in [3.8, 4) is 23.0 Å². The average Bonchev–Trinajstić information content (AvgIpc) is 1.72. The molecule has 3 unspecified atom stereocenters. The van der Waals surface area contributed by atoms with Gasteiger partial charge in [0.25, 0.3) is 33.7 Å². The molecule has 0 spiro atoms. The van der Waals surface area contributed by atoms with Crippen LogP contribution in [-0.4, -0.2) is 183 Å². The number of rotatable bonds is 33. The molecule has 5 aliphatic heterocycles. The van der Waals surface area contributed by atoms with Crippen molar-refractivity contribution in [3.63, 3.8) is 0 Å². The molecule has 5 heterocycles. The van der Waals surface area contributed by atoms with Gasteiger partial charge in [0.1, 0.15) is 12.6 Å². The zero-order chi connectivity index (χ0) is 70.5. The standard InChI is InChI=1S/C68H89N9O19S/c1-41(2)61(73-57(79)21-28-95-68(7,8)23-29-96-67(5,6)22-24-69-56(78)20-25-74-59(81)18-19-60(74)82)62(83)70-36-58(80)71-45-16-14-44(15-17-45)40-94-66(86)77-39-46-30-42(3)37-75(46)65(85)48-33-53(91-10)55(35-50(48)77)93-27-13-11-12-26-92-54-34-49-47(32-52(54)90-9)64(84)76-38-43(4)31-51(76)63(72-49)97(87,88)89/h14-19,32-35,37-38,41,46,51,61,63,72H,11-13,20-31,36,39-40H2,1-10H3,(H,69,78)(H,70,83)(H,71,80)(H,73,79)(H,87,88,89)/t46?,51-,61?,63?/m0/s1. The van der Waals surface area contributed by atoms with E-state index in [-0.39, 0.29) is 128 Å². The fourth-order valence-electron chi connectivity index (χ4n) is 11.7. The predicted octanol–water partition coefficient (Wildman–Crippen LogP) is 6.75. The number of ether oxygens (including phenoxy) is 7. The number of nitrogens with zero attached hydrogens (tertiary/aromatic N) is 4. The van der Waals surface area contributed by atoms with Gasteiger partial charge < -0.3 is 69.5 Å². The molecule has 8 rings (SSSR count). The maximum atomic E-state index is 14.2. The number of hydrogen-bond donors (Lipinski definition) is 6. The predicted molar refractivity (Wildman–Crippen MR) is 356 cm³/mol. The molecule has 0 saturated carbocycles. The van der Waals surface area contributed by atoms with E-state index in [0.717, 1.165) is 16.0 Å². The molecule has 0 fully saturated rings. The zero-order valence-corrected chi connectivity index (χ0v) is 57.4. The van der Waals surface area contributed by atoms with Gasteiger partial charge in [0.2, 0.25) is 23.6 Å². The average molecular weight is 1370 g/mol. The summed E-state index contributed by atoms with van der Waals surface area (Å²) in [4.78, 5) is 123. The smallest absolute Gasteiger partial charge is 0.414 e. The minimum atomic E-state index is -4.63. The van der Waals surface area contributed by atoms with Crippen LogP contribution in [0.4, 0.5) is 21.9 Å². The van der Waals surface area contributed by atoms with E-state index in [4.69, 9.17) is 33.2 Å². The summed E-state index contributed by atoms with van der Waals surface area (Å²) in [5.74, 6) is -2.68. The second-order valence-corrected chi connectivity index (χ2v) is 27.6. The van der Waals surface area contributed by atoms with Crippen molar-refractivity contribution >= 4 is 80.5 Å². The van der Waals surface area contributed by atoms with Crippen LogP contribution in [0.2, 0.25) is 0 Å². The van der Waals surface area contributed by atoms with Crippen molar-refractivity contribution in [2.24, 2.45) is 5.92 Å². The molecule has 0 aromatic heterocycles. The minimum absolute atomic E-state index is 0.00365. The highest BCUT2D eigenvalue weighted by molar-refractivity contribution is 7.86. The molecule has 526 valence electrons. The molecule has 4 atom stereocenters. The third-order valence-corrected chi connectivity index (χ3v) is 18.1. The second-order valence-electron chi connectivity index (χ2n) is 26.1. The van der Waals surface area contributed by atoms with Gasteiger partial charge in [-0.1, -0.05) is 37.1 Å². The Morgan fingerprint density at radius 1 is 0.701 bits per heavy atom. The molecule has 3 aromatic carbocycles. The quantitative estimate of drug-likeness (QED) is 0.0208. The Balaban J connectivity index is 0.763. The monoisotopic (exact) mass is 1370 g/mol. The topological polar surface area (TPSA) is 346 Å². The maximum absolute atomic E-state index is 14.2. The summed E-state index contributed by atoms with van der Waals surface area (Å²) in [7, 11) is -1.76. The van der Waals surface area contributed by atoms with Gasteiger partial charge in [0, 0.05) is 61.9 Å². The normalized spacial score (nSPS) is 17.8. The first kappa shape index (κ1) is 73.7. The number of fused-ring (bicyclic) bond motifs is 4. The lowest BCUT2D eigenvalue weighted by Gasteiger charge is -2.30. The van der Waals surface area contributed by atoms with E-state index < -0.39 is 86.9 Å². The summed E-state index contributed by atoms with van der Waals surface area (Å²) >= 11 is 0. The SMILES string of the molecule is COc1cc2c(cc1OCCCCCOc1cc3c(cc1OC)C(=O)N1C=C(C)CC1CN3C(=O)OCc1ccc(NC(=O)CNC(=O)C(NC(=O)CCOC(C)(C)CCOC(C)(C)CCNC(=O)CCN3C(=O)C=CC3=O)C(C)C)cc1)NC(S(=O)(=O)O)[C@@H]1CC(C)=CN1C2=O. The molecule has 0 saturated heterocycles. The van der Waals surface area contributed by atoms with E-state index in [9.17, 15) is 56.1 Å². The van der Waals surface area contributed by atoms with Gasteiger partial charge in [0.05, 0.1) is 106 Å². The van der Waals surface area contributed by atoms with Crippen molar-refractivity contribution in [1.29, 1.82) is 0 Å². The van der Waals surface area contributed by atoms with Crippen LogP contribution < -0.4 is 50.4 Å². The van der Waals surface area contributed by atoms with E-state index in [1.165, 1.54) is 48.3 Å². The van der Waals surface area contributed by atoms with Gasteiger partial charge in [-0.15, -0.1) is 0 Å². The first-order valence-corrected chi connectivity index (χ1v) is 33.9. The number of amides is 9. The first-order valence-electron chi connectivity index (χ1n) is 32.4. The van der Waals surface area contributed by atoms with Crippen molar-refractivity contribution in [1.82, 2.24) is 30.7 Å². The summed E-state index contributed by atoms with van der Waals surface area (Å²) < 4.78 is 76.9. The Labute approximate surface area is 564 Å². The van der Waals surface area contributed by atoms with Gasteiger partial charge in [0.15, 0.2) is 28.4 Å². The molecule has 6 N–H and O–H groups in total. The molecule has 28 nitrogen and oxygen atoms in total. The Bertz CT molecular complexity index is 3660. The highest BCUT2D eigenvalue weighted by atomic mass is 32.2. The Morgan fingerprint density at radius 2 is 1.31 bits per heavy atom. The van der Waals surface area contributed by atoms with Crippen molar-refractivity contribution in [3.05, 3.63) is 101 Å². The summed E-state index contributed by atoms with van der Waals surface area (Å²) in [6.07, 6.45) is 8.47. The second kappa shape index (κ2) is 32.3. The minimum Gasteiger partial charge on any atom is -0.493 e. The van der Waals surface area contributed by atoms with E-state index in [2.05, 4.69) is 26.6 Å². The number of imide groups is 1. The van der Waals surface area contributed by atoms with Crippen LogP contribution in [0.25, 0.3) is 0 Å². The maximum Gasteiger partial charge on any atom is 0.414 e. The van der Waals surface area contributed by atoms with Crippen LogP contribution >= 0.6 is 0 Å². The molecule has 0 bridgehead atoms. The molecule has 3 aromatic rings. The lowest BCUT2D eigenvalue weighted by atomic mass is 10.0. The van der Waals surface area contributed by atoms with E-state index in [0.29, 0.717) is 62.9 Å². The zero-order valence-electron chi connectivity index (χ0n) is 56.5. The van der Waals surface area contributed by atoms with Crippen molar-refractivity contribution in [2.45, 2.75) is 154 Å². The first-order chi connectivity index (χ1) is 45.9. The summed E-state index contributed by atoms with van der Waals surface area (Å²) in [6, 6.07) is 10.5. The number of unbranched alkanes of at least 4 members (excludes halogenated alkanes) is 2. The largest absolute Gasteiger partial charge is 0.493 e. The lowest BCUT2D eigenvalue weighted by molar-refractivity contribution is -0.137. The van der Waals surface area contributed by atoms with E-state index >= 15 is 0 Å². The lowest BCUT2D eigenvalue weighted by Crippen LogP contribution is -2.51. The molecule has 0 radical (unpaired) electrons. The van der Waals surface area contributed by atoms with Gasteiger partial charge in [-0.3, -0.25) is 52.7 Å². The number of hydrogen-bond acceptors (Lipinski definition) is 19. The molecular weight excluding hydrogens is 1280 g/mol. The van der Waals surface area contributed by atoms with Crippen LogP contribution in [0.15, 0.2) is 84.2 Å². The summed E-state index contributed by atoms with van der Waals surface area (Å²) in [5.41, 5.74) is 2.28. The molecule has 9 amide bonds. The third-order valence-electron chi connectivity index (χ3n) is 17.1. The van der Waals surface area contributed by atoms with Crippen LogP contribution in [0, 0.1) is 5.92 Å². The molecular formula is C68H89N9O19S. The highest BCUT2D eigenvalue weighted by Gasteiger charge is 2.45. The molecule has 97 heavy (non-hydrogen) atoms. The number of methoxy groups -OCH3 is 2. The van der Waals surface area contributed by atoms with Crippen LogP contribution in [0.1, 0.15) is 139 Å². The van der Waals surface area contributed by atoms with E-state index in [1.807, 2.05) is 34.6 Å². The van der Waals surface area contributed by atoms with E-state index in [1.54, 1.807) is 74.5 Å². The summed E-state index contributed by atoms with van der Waals surface area (Å²) in [5, 5.41) is 12.3. The number of nitrogens with one attached hydrogen (secondary N) is 5. The van der Waals surface area contributed by atoms with Gasteiger partial charge in [-0.25, -0.2) is 4.79 Å². The Kier molecular flexibility index (Phi) is 24.6. The van der Waals surface area contributed by atoms with Crippen LogP contribution in [0.5, 0.6) is 23.0 Å². The number of anilines is 3. The number of carbonyl (C=O) groups is 9. The fourth-order valence-corrected chi connectivity index (χ4v) is 12.6. The summed E-state index contributed by atoms with van der Waals surface area (Å²) in [6.45, 7) is 15.5. The molecule has 5 aliphatic rings. The van der Waals surface area contributed by atoms with Gasteiger partial charge in [-0.05, 0) is 122 Å². The molecule has 0 aliphatic carbocycles. The van der Waals surface area contributed by atoms with Crippen LogP contribution in [-0.2, 0) is 59.7 Å². The van der Waals surface area contributed by atoms with Crippen molar-refractivity contribution < 1.29 is 89.3 Å². The fraction of sp³-hybridized carbons (Fsp3) is 0.515.